The van der Waals surface area contributed by atoms with E-state index in [1.165, 1.54) is 36.1 Å². The topological polar surface area (TPSA) is 55.4 Å². The molecule has 2 N–H and O–H groups in total. The van der Waals surface area contributed by atoms with Gasteiger partial charge < -0.3 is 5.11 Å². The quantitative estimate of drug-likeness (QED) is 0.834. The van der Waals surface area contributed by atoms with E-state index >= 15 is 0 Å². The molecule has 0 radical (unpaired) electrons. The molecule has 0 saturated carbocycles. The molecule has 5 heteroatoms. The third-order valence-corrected chi connectivity index (χ3v) is 7.25. The fourth-order valence-corrected chi connectivity index (χ4v) is 5.26. The highest BCUT2D eigenvalue weighted by molar-refractivity contribution is 5.23. The average molecular weight is 383 g/mol. The lowest BCUT2D eigenvalue weighted by Crippen LogP contribution is -2.53. The number of aliphatic hydroxyl groups excluding tert-OH is 1. The highest BCUT2D eigenvalue weighted by Gasteiger charge is 2.44. The van der Waals surface area contributed by atoms with Gasteiger partial charge in [-0.15, -0.1) is 0 Å². The van der Waals surface area contributed by atoms with Gasteiger partial charge in [0.25, 0.3) is 0 Å². The van der Waals surface area contributed by atoms with Crippen LogP contribution >= 0.6 is 0 Å². The number of likely N-dealkylation sites (tertiary alicyclic amines) is 2. The summed E-state index contributed by atoms with van der Waals surface area (Å²) in [6, 6.07) is 10.8. The molecule has 2 aliphatic rings. The minimum Gasteiger partial charge on any atom is -0.396 e. The first-order valence-corrected chi connectivity index (χ1v) is 10.7. The summed E-state index contributed by atoms with van der Waals surface area (Å²) in [5.74, 6) is 0.382. The van der Waals surface area contributed by atoms with Crippen molar-refractivity contribution in [2.24, 2.45) is 11.3 Å². The minimum absolute atomic E-state index is 0.304. The van der Waals surface area contributed by atoms with Crippen LogP contribution in [0.5, 0.6) is 0 Å². The Labute approximate surface area is 168 Å². The highest BCUT2D eigenvalue weighted by Crippen LogP contribution is 2.45. The molecular formula is C23H34N4O. The number of aryl methyl sites for hydroxylation is 2. The van der Waals surface area contributed by atoms with Crippen LogP contribution in [0, 0.1) is 25.2 Å². The SMILES string of the molecule is Cc1n[nH]c(C)c1CN1CCC2(CCN(Cc3ccccc3)CC2)[C@@H](CO)C1. The van der Waals surface area contributed by atoms with E-state index in [1.54, 1.807) is 0 Å². The number of aliphatic hydroxyl groups is 1. The Kier molecular flexibility index (Phi) is 5.85. The summed E-state index contributed by atoms with van der Waals surface area (Å²) in [7, 11) is 0. The smallest absolute Gasteiger partial charge is 0.0639 e. The molecule has 2 fully saturated rings. The van der Waals surface area contributed by atoms with Gasteiger partial charge >= 0.3 is 0 Å². The van der Waals surface area contributed by atoms with Crippen molar-refractivity contribution in [2.75, 3.05) is 32.8 Å². The van der Waals surface area contributed by atoms with Crippen LogP contribution < -0.4 is 0 Å². The van der Waals surface area contributed by atoms with Crippen molar-refractivity contribution in [3.8, 4) is 0 Å². The molecule has 5 nitrogen and oxygen atoms in total. The molecule has 28 heavy (non-hydrogen) atoms. The number of rotatable bonds is 5. The maximum atomic E-state index is 10.2. The summed E-state index contributed by atoms with van der Waals surface area (Å²) < 4.78 is 0. The zero-order valence-corrected chi connectivity index (χ0v) is 17.3. The van der Waals surface area contributed by atoms with Crippen LogP contribution in [0.3, 0.4) is 0 Å². The van der Waals surface area contributed by atoms with Crippen LogP contribution in [0.15, 0.2) is 30.3 Å². The van der Waals surface area contributed by atoms with Crippen LogP contribution in [0.25, 0.3) is 0 Å². The van der Waals surface area contributed by atoms with Crippen molar-refractivity contribution in [3.63, 3.8) is 0 Å². The number of piperidine rings is 2. The van der Waals surface area contributed by atoms with E-state index in [9.17, 15) is 5.11 Å². The summed E-state index contributed by atoms with van der Waals surface area (Å²) in [5, 5.41) is 17.6. The third-order valence-electron chi connectivity index (χ3n) is 7.25. The lowest BCUT2D eigenvalue weighted by Gasteiger charge is -2.51. The summed E-state index contributed by atoms with van der Waals surface area (Å²) in [6.45, 7) is 10.9. The second-order valence-electron chi connectivity index (χ2n) is 8.90. The van der Waals surface area contributed by atoms with Crippen molar-refractivity contribution in [2.45, 2.75) is 46.2 Å². The Bertz CT molecular complexity index is 745. The second kappa shape index (κ2) is 8.36. The zero-order valence-electron chi connectivity index (χ0n) is 17.3. The number of nitrogens with zero attached hydrogens (tertiary/aromatic N) is 3. The summed E-state index contributed by atoms with van der Waals surface area (Å²) in [6.07, 6.45) is 3.62. The van der Waals surface area contributed by atoms with Crippen molar-refractivity contribution < 1.29 is 5.11 Å². The van der Waals surface area contributed by atoms with Gasteiger partial charge in [0.15, 0.2) is 0 Å². The molecular weight excluding hydrogens is 348 g/mol. The molecule has 3 heterocycles. The Morgan fingerprint density at radius 2 is 1.71 bits per heavy atom. The number of H-pyrrole nitrogens is 1. The van der Waals surface area contributed by atoms with Crippen LogP contribution in [-0.4, -0.2) is 57.9 Å². The van der Waals surface area contributed by atoms with Crippen LogP contribution in [0.2, 0.25) is 0 Å². The lowest BCUT2D eigenvalue weighted by atomic mass is 9.64. The monoisotopic (exact) mass is 382 g/mol. The highest BCUT2D eigenvalue weighted by atomic mass is 16.3. The molecule has 1 aromatic carbocycles. The summed E-state index contributed by atoms with van der Waals surface area (Å²) in [5.41, 5.74) is 5.32. The molecule has 0 aliphatic carbocycles. The maximum absolute atomic E-state index is 10.2. The van der Waals surface area contributed by atoms with E-state index < -0.39 is 0 Å². The first-order valence-electron chi connectivity index (χ1n) is 10.7. The van der Waals surface area contributed by atoms with Gasteiger partial charge in [-0.1, -0.05) is 30.3 Å². The average Bonchev–Trinajstić information content (AvgIpc) is 3.04. The van der Waals surface area contributed by atoms with Crippen molar-refractivity contribution in [1.29, 1.82) is 0 Å². The second-order valence-corrected chi connectivity index (χ2v) is 8.90. The molecule has 0 amide bonds. The van der Waals surface area contributed by atoms with Crippen molar-refractivity contribution in [3.05, 3.63) is 52.8 Å². The van der Waals surface area contributed by atoms with E-state index in [0.717, 1.165) is 45.0 Å². The molecule has 1 spiro atoms. The number of hydrogen-bond acceptors (Lipinski definition) is 4. The van der Waals surface area contributed by atoms with Crippen LogP contribution in [0.1, 0.15) is 41.8 Å². The minimum atomic E-state index is 0.304. The zero-order chi connectivity index (χ0) is 19.6. The molecule has 152 valence electrons. The van der Waals surface area contributed by atoms with E-state index in [4.69, 9.17) is 0 Å². The van der Waals surface area contributed by atoms with Crippen molar-refractivity contribution >= 4 is 0 Å². The van der Waals surface area contributed by atoms with Gasteiger partial charge in [0.2, 0.25) is 0 Å². The van der Waals surface area contributed by atoms with Crippen molar-refractivity contribution in [1.82, 2.24) is 20.0 Å². The summed E-state index contributed by atoms with van der Waals surface area (Å²) >= 11 is 0. The molecule has 2 saturated heterocycles. The fourth-order valence-electron chi connectivity index (χ4n) is 5.26. The lowest BCUT2D eigenvalue weighted by molar-refractivity contribution is -0.0450. The number of hydrogen-bond donors (Lipinski definition) is 2. The Morgan fingerprint density at radius 3 is 2.32 bits per heavy atom. The van der Waals surface area contributed by atoms with E-state index in [2.05, 4.69) is 64.2 Å². The molecule has 1 aromatic heterocycles. The largest absolute Gasteiger partial charge is 0.396 e. The Hall–Kier alpha value is -1.69. The number of aromatic amines is 1. The van der Waals surface area contributed by atoms with E-state index in [-0.39, 0.29) is 0 Å². The van der Waals surface area contributed by atoms with Gasteiger partial charge in [0.1, 0.15) is 0 Å². The predicted molar refractivity (Wildman–Crippen MR) is 112 cm³/mol. The van der Waals surface area contributed by atoms with Gasteiger partial charge in [0.05, 0.1) is 5.69 Å². The Balaban J connectivity index is 1.36. The summed E-state index contributed by atoms with van der Waals surface area (Å²) in [4.78, 5) is 5.10. The van der Waals surface area contributed by atoms with E-state index in [0.29, 0.717) is 17.9 Å². The van der Waals surface area contributed by atoms with Gasteiger partial charge in [-0.2, -0.15) is 5.10 Å². The predicted octanol–water partition coefficient (Wildman–Crippen LogP) is 3.12. The van der Waals surface area contributed by atoms with Gasteiger partial charge in [-0.3, -0.25) is 14.9 Å². The fraction of sp³-hybridized carbons (Fsp3) is 0.609. The normalized spacial score (nSPS) is 23.3. The molecule has 2 aromatic rings. The van der Waals surface area contributed by atoms with E-state index in [1.807, 2.05) is 0 Å². The first kappa shape index (κ1) is 19.6. The van der Waals surface area contributed by atoms with Crippen LogP contribution in [-0.2, 0) is 13.1 Å². The van der Waals surface area contributed by atoms with Gasteiger partial charge in [-0.25, -0.2) is 0 Å². The molecule has 4 rings (SSSR count). The van der Waals surface area contributed by atoms with Crippen LogP contribution in [0.4, 0.5) is 0 Å². The van der Waals surface area contributed by atoms with Gasteiger partial charge in [0, 0.05) is 43.4 Å². The molecule has 0 unspecified atom stereocenters. The number of aromatic nitrogens is 2. The third kappa shape index (κ3) is 4.02. The molecule has 0 bridgehead atoms. The van der Waals surface area contributed by atoms with Gasteiger partial charge in [-0.05, 0) is 63.7 Å². The number of benzene rings is 1. The standard InChI is InChI=1S/C23H34N4O/c1-18-22(19(2)25-24-18)16-27-13-10-23(21(15-27)17-28)8-11-26(12-9-23)14-20-6-4-3-5-7-20/h3-7,21,28H,8-17H2,1-2H3,(H,24,25)/t21-/m1/s1. The maximum Gasteiger partial charge on any atom is 0.0639 e. The Morgan fingerprint density at radius 1 is 1.04 bits per heavy atom. The first-order chi connectivity index (χ1) is 13.6. The molecule has 1 atom stereocenters. The molecule has 2 aliphatic heterocycles. The number of nitrogens with one attached hydrogen (secondary N) is 1.